The maximum absolute atomic E-state index is 14.0. The van der Waals surface area contributed by atoms with Gasteiger partial charge in [0.1, 0.15) is 6.54 Å². The van der Waals surface area contributed by atoms with Crippen molar-refractivity contribution >= 4 is 40.8 Å². The highest BCUT2D eigenvalue weighted by atomic mass is 16.6. The number of nitrogens with zero attached hydrogens (tertiary/aromatic N) is 4. The maximum Gasteiger partial charge on any atom is 0.414 e. The summed E-state index contributed by atoms with van der Waals surface area (Å²) in [5.41, 5.74) is 4.10. The topological polar surface area (TPSA) is 162 Å². The van der Waals surface area contributed by atoms with Crippen molar-refractivity contribution in [1.82, 2.24) is 9.80 Å². The lowest BCUT2D eigenvalue weighted by Gasteiger charge is -2.29. The van der Waals surface area contributed by atoms with Crippen molar-refractivity contribution < 1.29 is 34.3 Å². The molecule has 1 aliphatic heterocycles. The largest absolute Gasteiger partial charge is 0.473 e. The van der Waals surface area contributed by atoms with E-state index in [4.69, 9.17) is 19.8 Å². The highest BCUT2D eigenvalue weighted by Crippen LogP contribution is 2.36. The second kappa shape index (κ2) is 15.9. The third-order valence-corrected chi connectivity index (χ3v) is 7.30. The van der Waals surface area contributed by atoms with Crippen molar-refractivity contribution in [3.63, 3.8) is 0 Å². The summed E-state index contributed by atoms with van der Waals surface area (Å²) >= 11 is 0. The highest BCUT2D eigenvalue weighted by molar-refractivity contribution is 6.27. The van der Waals surface area contributed by atoms with Gasteiger partial charge in [0.2, 0.25) is 0 Å². The van der Waals surface area contributed by atoms with Gasteiger partial charge in [-0.2, -0.15) is 0 Å². The molecule has 44 heavy (non-hydrogen) atoms. The molecule has 12 nitrogen and oxygen atoms in total. The third kappa shape index (κ3) is 8.71. The van der Waals surface area contributed by atoms with Crippen LogP contribution in [0.3, 0.4) is 0 Å². The normalized spacial score (nSPS) is 11.8. The van der Waals surface area contributed by atoms with Crippen molar-refractivity contribution in [3.8, 4) is 0 Å². The number of carbonyl (C=O) groups excluding carboxylic acids is 2. The summed E-state index contributed by atoms with van der Waals surface area (Å²) < 4.78 is 0. The number of aliphatic carboxylic acids is 2. The van der Waals surface area contributed by atoms with Gasteiger partial charge in [0, 0.05) is 24.2 Å². The Morgan fingerprint density at radius 3 is 1.75 bits per heavy atom. The van der Waals surface area contributed by atoms with Crippen LogP contribution in [0.15, 0.2) is 72.8 Å². The molecule has 1 heterocycles. The second-order valence-electron chi connectivity index (χ2n) is 10.0. The number of nitro groups is 1. The fraction of sp³-hybridized carbons (Fsp3) is 0.312. The van der Waals surface area contributed by atoms with E-state index in [-0.39, 0.29) is 24.0 Å². The molecule has 4 rings (SSSR count). The van der Waals surface area contributed by atoms with E-state index in [1.165, 1.54) is 24.3 Å². The average Bonchev–Trinajstić information content (AvgIpc) is 3.19. The van der Waals surface area contributed by atoms with E-state index < -0.39 is 16.9 Å². The smallest absolute Gasteiger partial charge is 0.414 e. The molecule has 0 aromatic heterocycles. The molecule has 3 aromatic carbocycles. The Morgan fingerprint density at radius 1 is 0.795 bits per heavy atom. The monoisotopic (exact) mass is 604 g/mol. The fourth-order valence-electron chi connectivity index (χ4n) is 4.97. The summed E-state index contributed by atoms with van der Waals surface area (Å²) in [5, 5.41) is 25.9. The molecule has 232 valence electrons. The van der Waals surface area contributed by atoms with Crippen LogP contribution in [0, 0.1) is 10.1 Å². The number of amides is 2. The number of benzene rings is 3. The molecule has 0 atom stereocenters. The lowest BCUT2D eigenvalue weighted by molar-refractivity contribution is -0.384. The molecule has 0 radical (unpaired) electrons. The van der Waals surface area contributed by atoms with Crippen LogP contribution >= 0.6 is 0 Å². The van der Waals surface area contributed by atoms with Crippen LogP contribution in [0.2, 0.25) is 0 Å². The van der Waals surface area contributed by atoms with Crippen LogP contribution in [-0.4, -0.2) is 81.4 Å². The number of carbonyl (C=O) groups is 4. The number of hydrogen-bond acceptors (Lipinski definition) is 7. The summed E-state index contributed by atoms with van der Waals surface area (Å²) in [4.78, 5) is 62.0. The van der Waals surface area contributed by atoms with Gasteiger partial charge in [-0.15, -0.1) is 0 Å². The molecule has 0 saturated heterocycles. The van der Waals surface area contributed by atoms with E-state index in [1.807, 2.05) is 48.5 Å². The number of hydrogen-bond donors (Lipinski definition) is 2. The summed E-state index contributed by atoms with van der Waals surface area (Å²) in [6.45, 7) is 7.12. The molecular weight excluding hydrogens is 568 g/mol. The first kappa shape index (κ1) is 33.4. The first-order chi connectivity index (χ1) is 21.1. The molecule has 0 saturated carbocycles. The van der Waals surface area contributed by atoms with Crippen molar-refractivity contribution in [2.24, 2.45) is 0 Å². The Balaban J connectivity index is 0.000000801. The first-order valence-corrected chi connectivity index (χ1v) is 14.3. The maximum atomic E-state index is 14.0. The Hall–Kier alpha value is -5.10. The molecule has 2 N–H and O–H groups in total. The van der Waals surface area contributed by atoms with Crippen molar-refractivity contribution in [2.75, 3.05) is 37.6 Å². The molecular formula is C32H36N4O8. The fourth-order valence-corrected chi connectivity index (χ4v) is 4.97. The number of nitro benzene ring substituents is 1. The highest BCUT2D eigenvalue weighted by Gasteiger charge is 2.28. The molecule has 12 heteroatoms. The quantitative estimate of drug-likeness (QED) is 0.194. The van der Waals surface area contributed by atoms with Crippen LogP contribution < -0.4 is 4.90 Å². The number of rotatable bonds is 10. The predicted molar refractivity (Wildman–Crippen MR) is 164 cm³/mol. The van der Waals surface area contributed by atoms with Crippen LogP contribution in [0.5, 0.6) is 0 Å². The molecule has 3 aromatic rings. The van der Waals surface area contributed by atoms with Crippen molar-refractivity contribution in [2.45, 2.75) is 33.1 Å². The van der Waals surface area contributed by atoms with Crippen molar-refractivity contribution in [3.05, 3.63) is 99.6 Å². The number of carboxylic acids is 2. The van der Waals surface area contributed by atoms with E-state index in [1.54, 1.807) is 9.80 Å². The third-order valence-electron chi connectivity index (χ3n) is 7.30. The Bertz CT molecular complexity index is 1430. The van der Waals surface area contributed by atoms with Gasteiger partial charge in [0.25, 0.3) is 17.5 Å². The van der Waals surface area contributed by atoms with Gasteiger partial charge in [0.05, 0.1) is 16.3 Å². The number of fused-ring (bicyclic) bond motifs is 2. The van der Waals surface area contributed by atoms with E-state index in [0.29, 0.717) is 18.5 Å². The number of anilines is 2. The zero-order chi connectivity index (χ0) is 32.2. The van der Waals surface area contributed by atoms with Crippen LogP contribution in [0.25, 0.3) is 0 Å². The Morgan fingerprint density at radius 2 is 1.30 bits per heavy atom. The SMILES string of the molecule is CCN(CC)CCCN(CC(=O)N1c2ccccc2CCc2ccccc21)C(=O)c1ccc([N+](=O)[O-])cc1.O=C(O)C(=O)O. The van der Waals surface area contributed by atoms with Crippen LogP contribution in [0.1, 0.15) is 41.8 Å². The Kier molecular flexibility index (Phi) is 12.1. The standard InChI is InChI=1S/C30H34N4O4.C2H2O4/c1-3-31(4-2)20-9-21-32(30(36)25-16-18-26(19-17-25)34(37)38)22-29(35)33-27-12-7-5-10-23(27)14-15-24-11-6-8-13-28(24)33;3-1(4)2(5)6/h5-8,10-13,16-19H,3-4,9,14-15,20-22H2,1-2H3;(H,3,4)(H,5,6). The molecule has 1 aliphatic rings. The van der Waals surface area contributed by atoms with Gasteiger partial charge in [-0.05, 0) is 74.3 Å². The summed E-state index contributed by atoms with van der Waals surface area (Å²) in [6, 6.07) is 21.4. The average molecular weight is 605 g/mol. The number of aryl methyl sites for hydroxylation is 2. The first-order valence-electron chi connectivity index (χ1n) is 14.3. The van der Waals surface area contributed by atoms with Gasteiger partial charge in [-0.3, -0.25) is 24.6 Å². The zero-order valence-corrected chi connectivity index (χ0v) is 24.7. The van der Waals surface area contributed by atoms with Gasteiger partial charge in [-0.1, -0.05) is 50.2 Å². The zero-order valence-electron chi connectivity index (χ0n) is 24.7. The van der Waals surface area contributed by atoms with Gasteiger partial charge < -0.3 is 20.0 Å². The van der Waals surface area contributed by atoms with E-state index in [9.17, 15) is 19.7 Å². The van der Waals surface area contributed by atoms with E-state index >= 15 is 0 Å². The minimum atomic E-state index is -1.82. The van der Waals surface area contributed by atoms with Crippen LogP contribution in [-0.2, 0) is 27.2 Å². The summed E-state index contributed by atoms with van der Waals surface area (Å²) in [5.74, 6) is -4.15. The Labute approximate surface area is 255 Å². The molecule has 0 spiro atoms. The van der Waals surface area contributed by atoms with Crippen LogP contribution in [0.4, 0.5) is 17.1 Å². The molecule has 0 aliphatic carbocycles. The number of para-hydroxylation sites is 2. The summed E-state index contributed by atoms with van der Waals surface area (Å²) in [7, 11) is 0. The molecule has 0 bridgehead atoms. The molecule has 0 fully saturated rings. The van der Waals surface area contributed by atoms with E-state index in [2.05, 4.69) is 18.7 Å². The summed E-state index contributed by atoms with van der Waals surface area (Å²) in [6.07, 6.45) is 2.36. The number of non-ortho nitro benzene ring substituents is 1. The van der Waals surface area contributed by atoms with Gasteiger partial charge in [-0.25, -0.2) is 9.59 Å². The lowest BCUT2D eigenvalue weighted by atomic mass is 10.0. The van der Waals surface area contributed by atoms with E-state index in [0.717, 1.165) is 55.0 Å². The van der Waals surface area contributed by atoms with Gasteiger partial charge >= 0.3 is 11.9 Å². The van der Waals surface area contributed by atoms with Crippen molar-refractivity contribution in [1.29, 1.82) is 0 Å². The predicted octanol–water partition coefficient (Wildman–Crippen LogP) is 4.39. The second-order valence-corrected chi connectivity index (χ2v) is 10.0. The minimum absolute atomic E-state index is 0.0801. The van der Waals surface area contributed by atoms with Gasteiger partial charge in [0.15, 0.2) is 0 Å². The number of carboxylic acid groups (broad SMARTS) is 2. The molecule has 2 amide bonds. The lowest BCUT2D eigenvalue weighted by Crippen LogP contribution is -2.42. The molecule has 0 unspecified atom stereocenters. The minimum Gasteiger partial charge on any atom is -0.473 e.